The first-order chi connectivity index (χ1) is 15.0. The minimum absolute atomic E-state index is 0.0926. The maximum Gasteiger partial charge on any atom is 0.310 e. The van der Waals surface area contributed by atoms with Crippen LogP contribution in [0.2, 0.25) is 0 Å². The molecule has 0 aliphatic carbocycles. The van der Waals surface area contributed by atoms with E-state index in [-0.39, 0.29) is 13.2 Å². The minimum atomic E-state index is -1.01. The van der Waals surface area contributed by atoms with Crippen LogP contribution in [-0.2, 0) is 20.8 Å². The summed E-state index contributed by atoms with van der Waals surface area (Å²) < 4.78 is 11.1. The number of rotatable bonds is 6. The Balaban J connectivity index is 1.58. The fourth-order valence-electron chi connectivity index (χ4n) is 3.07. The van der Waals surface area contributed by atoms with Crippen LogP contribution in [-0.4, -0.2) is 50.6 Å². The topological polar surface area (TPSA) is 97.0 Å². The Bertz CT molecular complexity index is 1000. The summed E-state index contributed by atoms with van der Waals surface area (Å²) in [6, 6.07) is 13.5. The van der Waals surface area contributed by atoms with E-state index < -0.39 is 23.8 Å². The van der Waals surface area contributed by atoms with Crippen LogP contribution in [0, 0.1) is 12.3 Å². The van der Waals surface area contributed by atoms with Gasteiger partial charge in [0.2, 0.25) is 0 Å². The second-order valence-electron chi connectivity index (χ2n) is 6.85. The first-order valence-electron chi connectivity index (χ1n) is 9.73. The zero-order valence-corrected chi connectivity index (χ0v) is 17.1. The first-order valence-corrected chi connectivity index (χ1v) is 9.73. The van der Waals surface area contributed by atoms with Crippen LogP contribution in [0.3, 0.4) is 0 Å². The molecule has 1 aliphatic heterocycles. The molecule has 31 heavy (non-hydrogen) atoms. The SMILES string of the molecule is C#CCOc1ccc2c(c1)N(C)C(=O)[C@@H](NC(=O)C(=O)NCCc1ccccc1)CO2. The molecule has 2 aromatic rings. The lowest BCUT2D eigenvalue weighted by Gasteiger charge is -2.20. The van der Waals surface area contributed by atoms with Crippen molar-refractivity contribution in [2.24, 2.45) is 0 Å². The standard InChI is InChI=1S/C23H23N3O5/c1-3-13-30-17-9-10-20-19(14-17)26(2)23(29)18(15-31-20)25-22(28)21(27)24-12-11-16-7-5-4-6-8-16/h1,4-10,14,18H,11-13,15H2,2H3,(H,24,27)(H,25,28)/t18-/m0/s1. The molecule has 0 saturated heterocycles. The lowest BCUT2D eigenvalue weighted by atomic mass is 10.1. The predicted molar refractivity (Wildman–Crippen MR) is 115 cm³/mol. The summed E-state index contributed by atoms with van der Waals surface area (Å²) in [5, 5.41) is 5.00. The van der Waals surface area contributed by atoms with E-state index in [1.54, 1.807) is 25.2 Å². The number of terminal acetylenes is 1. The van der Waals surface area contributed by atoms with Gasteiger partial charge < -0.3 is 25.0 Å². The molecule has 160 valence electrons. The number of nitrogens with zero attached hydrogens (tertiary/aromatic N) is 1. The highest BCUT2D eigenvalue weighted by molar-refractivity contribution is 6.35. The molecule has 0 radical (unpaired) electrons. The van der Waals surface area contributed by atoms with Crippen LogP contribution in [0.15, 0.2) is 48.5 Å². The van der Waals surface area contributed by atoms with Gasteiger partial charge >= 0.3 is 11.8 Å². The molecule has 0 bridgehead atoms. The molecule has 8 heteroatoms. The number of likely N-dealkylation sites (N-methyl/N-ethyl adjacent to an activating group) is 1. The number of carbonyl (C=O) groups is 3. The molecule has 3 rings (SSSR count). The van der Waals surface area contributed by atoms with Crippen molar-refractivity contribution in [3.63, 3.8) is 0 Å². The molecule has 2 aromatic carbocycles. The van der Waals surface area contributed by atoms with E-state index in [0.29, 0.717) is 30.2 Å². The molecule has 3 amide bonds. The Morgan fingerprint density at radius 1 is 1.23 bits per heavy atom. The molecule has 0 unspecified atom stereocenters. The van der Waals surface area contributed by atoms with E-state index in [9.17, 15) is 14.4 Å². The number of ether oxygens (including phenoxy) is 2. The van der Waals surface area contributed by atoms with Gasteiger partial charge in [0.15, 0.2) is 0 Å². The van der Waals surface area contributed by atoms with Crippen molar-refractivity contribution in [3.8, 4) is 23.8 Å². The van der Waals surface area contributed by atoms with Gasteiger partial charge in [-0.25, -0.2) is 0 Å². The van der Waals surface area contributed by atoms with E-state index in [4.69, 9.17) is 15.9 Å². The van der Waals surface area contributed by atoms with Gasteiger partial charge in [-0.1, -0.05) is 36.3 Å². The molecule has 0 spiro atoms. The largest absolute Gasteiger partial charge is 0.489 e. The van der Waals surface area contributed by atoms with Crippen molar-refractivity contribution in [3.05, 3.63) is 54.1 Å². The molecule has 1 heterocycles. The van der Waals surface area contributed by atoms with Crippen LogP contribution < -0.4 is 25.0 Å². The number of amides is 3. The number of benzene rings is 2. The first kappa shape index (κ1) is 21.7. The van der Waals surface area contributed by atoms with E-state index in [0.717, 1.165) is 5.56 Å². The van der Waals surface area contributed by atoms with Gasteiger partial charge in [0, 0.05) is 19.7 Å². The summed E-state index contributed by atoms with van der Waals surface area (Å²) in [5.41, 5.74) is 1.52. The van der Waals surface area contributed by atoms with Gasteiger partial charge in [-0.3, -0.25) is 14.4 Å². The maximum absolute atomic E-state index is 12.8. The molecule has 1 aliphatic rings. The maximum atomic E-state index is 12.8. The van der Waals surface area contributed by atoms with Gasteiger partial charge in [0.05, 0.1) is 5.69 Å². The van der Waals surface area contributed by atoms with Gasteiger partial charge in [-0.05, 0) is 24.1 Å². The lowest BCUT2D eigenvalue weighted by Crippen LogP contribution is -2.53. The van der Waals surface area contributed by atoms with Gasteiger partial charge in [0.1, 0.15) is 30.8 Å². The number of carbonyl (C=O) groups excluding carboxylic acids is 3. The number of hydrogen-bond acceptors (Lipinski definition) is 5. The number of anilines is 1. The summed E-state index contributed by atoms with van der Waals surface area (Å²) in [6.07, 6.45) is 5.79. The predicted octanol–water partition coefficient (Wildman–Crippen LogP) is 0.897. The average molecular weight is 421 g/mol. The third-order valence-corrected chi connectivity index (χ3v) is 4.70. The van der Waals surface area contributed by atoms with E-state index in [2.05, 4.69) is 16.6 Å². The summed E-state index contributed by atoms with van der Waals surface area (Å²) in [5.74, 6) is 1.19. The zero-order valence-electron chi connectivity index (χ0n) is 17.1. The highest BCUT2D eigenvalue weighted by Gasteiger charge is 2.32. The molecule has 2 N–H and O–H groups in total. The molecular weight excluding hydrogens is 398 g/mol. The Hall–Kier alpha value is -3.99. The van der Waals surface area contributed by atoms with Crippen molar-refractivity contribution in [1.82, 2.24) is 10.6 Å². The van der Waals surface area contributed by atoms with Gasteiger partial charge in [-0.15, -0.1) is 6.42 Å². The monoisotopic (exact) mass is 421 g/mol. The molecule has 0 aromatic heterocycles. The quantitative estimate of drug-likeness (QED) is 0.534. The van der Waals surface area contributed by atoms with Crippen LogP contribution in [0.1, 0.15) is 5.56 Å². The van der Waals surface area contributed by atoms with Crippen molar-refractivity contribution in [1.29, 1.82) is 0 Å². The molecule has 8 nitrogen and oxygen atoms in total. The van der Waals surface area contributed by atoms with E-state index >= 15 is 0 Å². The van der Waals surface area contributed by atoms with Gasteiger partial charge in [0.25, 0.3) is 5.91 Å². The van der Waals surface area contributed by atoms with E-state index in [1.165, 1.54) is 4.90 Å². The Morgan fingerprint density at radius 3 is 2.74 bits per heavy atom. The summed E-state index contributed by atoms with van der Waals surface area (Å²) in [4.78, 5) is 38.6. The summed E-state index contributed by atoms with van der Waals surface area (Å²) in [6.45, 7) is 0.288. The fraction of sp³-hybridized carbons (Fsp3) is 0.261. The fourth-order valence-corrected chi connectivity index (χ4v) is 3.07. The molecule has 0 fully saturated rings. The second kappa shape index (κ2) is 10.2. The molecular formula is C23H23N3O5. The smallest absolute Gasteiger partial charge is 0.310 e. The summed E-state index contributed by atoms with van der Waals surface area (Å²) in [7, 11) is 1.56. The van der Waals surface area contributed by atoms with Crippen molar-refractivity contribution in [2.75, 3.05) is 31.7 Å². The number of nitrogens with one attached hydrogen (secondary N) is 2. The second-order valence-corrected chi connectivity index (χ2v) is 6.85. The van der Waals surface area contributed by atoms with E-state index in [1.807, 2.05) is 30.3 Å². The van der Waals surface area contributed by atoms with Crippen LogP contribution >= 0.6 is 0 Å². The number of fused-ring (bicyclic) bond motifs is 1. The highest BCUT2D eigenvalue weighted by atomic mass is 16.5. The molecule has 0 saturated carbocycles. The Kier molecular flexibility index (Phi) is 7.12. The van der Waals surface area contributed by atoms with Crippen LogP contribution in [0.4, 0.5) is 5.69 Å². The van der Waals surface area contributed by atoms with Crippen LogP contribution in [0.25, 0.3) is 0 Å². The summed E-state index contributed by atoms with van der Waals surface area (Å²) >= 11 is 0. The third-order valence-electron chi connectivity index (χ3n) is 4.70. The van der Waals surface area contributed by atoms with Crippen LogP contribution in [0.5, 0.6) is 11.5 Å². The van der Waals surface area contributed by atoms with Crippen molar-refractivity contribution < 1.29 is 23.9 Å². The lowest BCUT2D eigenvalue weighted by molar-refractivity contribution is -0.140. The van der Waals surface area contributed by atoms with Crippen molar-refractivity contribution in [2.45, 2.75) is 12.5 Å². The Morgan fingerprint density at radius 2 is 2.00 bits per heavy atom. The van der Waals surface area contributed by atoms with Gasteiger partial charge in [-0.2, -0.15) is 0 Å². The highest BCUT2D eigenvalue weighted by Crippen LogP contribution is 2.34. The van der Waals surface area contributed by atoms with Crippen molar-refractivity contribution >= 4 is 23.4 Å². The minimum Gasteiger partial charge on any atom is -0.489 e. The Labute approximate surface area is 180 Å². The average Bonchev–Trinajstić information content (AvgIpc) is 2.90. The normalized spacial score (nSPS) is 15.0. The zero-order chi connectivity index (χ0) is 22.2. The number of hydrogen-bond donors (Lipinski definition) is 2. The third kappa shape index (κ3) is 5.54. The molecule has 1 atom stereocenters.